The molecule has 3 N–H and O–H groups in total. The van der Waals surface area contributed by atoms with Gasteiger partial charge < -0.3 is 20.5 Å². The van der Waals surface area contributed by atoms with E-state index in [1.54, 1.807) is 13.3 Å². The molecule has 2 fully saturated rings. The average Bonchev–Trinajstić information content (AvgIpc) is 2.80. The molecule has 32 heavy (non-hydrogen) atoms. The highest BCUT2D eigenvalue weighted by Crippen LogP contribution is 2.31. The van der Waals surface area contributed by atoms with Crippen LogP contribution in [0.25, 0.3) is 0 Å². The van der Waals surface area contributed by atoms with E-state index in [0.29, 0.717) is 36.9 Å². The van der Waals surface area contributed by atoms with Crippen LogP contribution in [-0.2, 0) is 6.54 Å². The van der Waals surface area contributed by atoms with Crippen LogP contribution in [0.1, 0.15) is 31.2 Å². The van der Waals surface area contributed by atoms with Crippen LogP contribution in [-0.4, -0.2) is 68.8 Å². The highest BCUT2D eigenvalue weighted by molar-refractivity contribution is 5.57. The van der Waals surface area contributed by atoms with Gasteiger partial charge in [-0.3, -0.25) is 15.0 Å². The Hall–Kier alpha value is -3.05. The number of anilines is 2. The molecule has 0 aromatic carbocycles. The minimum Gasteiger partial charge on any atom is -0.481 e. The van der Waals surface area contributed by atoms with Crippen LogP contribution >= 0.6 is 0 Å². The van der Waals surface area contributed by atoms with Crippen molar-refractivity contribution in [1.29, 1.82) is 0 Å². The number of pyridine rings is 1. The molecule has 172 valence electrons. The minimum absolute atomic E-state index is 0.141. The lowest BCUT2D eigenvalue weighted by molar-refractivity contribution is -0.384. The van der Waals surface area contributed by atoms with E-state index in [1.165, 1.54) is 6.20 Å². The zero-order valence-corrected chi connectivity index (χ0v) is 18.1. The fourth-order valence-corrected chi connectivity index (χ4v) is 4.38. The highest BCUT2D eigenvalue weighted by atomic mass is 16.6. The predicted octanol–water partition coefficient (Wildman–Crippen LogP) is 2.05. The second kappa shape index (κ2) is 10.0. The Bertz CT molecular complexity index is 930. The zero-order chi connectivity index (χ0) is 22.5. The quantitative estimate of drug-likeness (QED) is 0.390. The predicted molar refractivity (Wildman–Crippen MR) is 119 cm³/mol. The molecule has 3 heterocycles. The number of aliphatic hydroxyl groups is 1. The number of rotatable bonds is 9. The normalized spacial score (nSPS) is 21.6. The fraction of sp³-hybridized carbons (Fsp3) is 0.571. The van der Waals surface area contributed by atoms with Crippen LogP contribution in [0.5, 0.6) is 5.88 Å². The number of hydrogen-bond acceptors (Lipinski definition) is 10. The lowest BCUT2D eigenvalue weighted by Crippen LogP contribution is -2.56. The largest absolute Gasteiger partial charge is 0.481 e. The third kappa shape index (κ3) is 5.22. The number of methoxy groups -OCH3 is 1. The van der Waals surface area contributed by atoms with Gasteiger partial charge in [-0.05, 0) is 37.7 Å². The average molecular weight is 444 g/mol. The van der Waals surface area contributed by atoms with Gasteiger partial charge in [0.05, 0.1) is 18.1 Å². The Morgan fingerprint density at radius 2 is 2.03 bits per heavy atom. The topological polar surface area (TPSA) is 139 Å². The molecule has 0 unspecified atom stereocenters. The molecule has 1 aliphatic heterocycles. The van der Waals surface area contributed by atoms with Crippen molar-refractivity contribution in [2.45, 2.75) is 44.4 Å². The molecule has 1 saturated heterocycles. The molecule has 1 aliphatic carbocycles. The Kier molecular flexibility index (Phi) is 6.96. The highest BCUT2D eigenvalue weighted by Gasteiger charge is 2.33. The van der Waals surface area contributed by atoms with Crippen LogP contribution in [0.3, 0.4) is 0 Å². The number of ether oxygens (including phenoxy) is 1. The van der Waals surface area contributed by atoms with Gasteiger partial charge in [0.1, 0.15) is 6.20 Å². The van der Waals surface area contributed by atoms with E-state index in [9.17, 15) is 15.2 Å². The summed E-state index contributed by atoms with van der Waals surface area (Å²) >= 11 is 0. The van der Waals surface area contributed by atoms with Crippen molar-refractivity contribution in [3.05, 3.63) is 40.2 Å². The first-order valence-electron chi connectivity index (χ1n) is 10.9. The van der Waals surface area contributed by atoms with Crippen LogP contribution in [0, 0.1) is 16.0 Å². The summed E-state index contributed by atoms with van der Waals surface area (Å²) in [6, 6.07) is 4.23. The summed E-state index contributed by atoms with van der Waals surface area (Å²) in [5.74, 6) is 1.45. The summed E-state index contributed by atoms with van der Waals surface area (Å²) in [6.07, 6.45) is 6.98. The molecule has 0 bridgehead atoms. The van der Waals surface area contributed by atoms with Crippen LogP contribution in [0.15, 0.2) is 24.5 Å². The van der Waals surface area contributed by atoms with Crippen LogP contribution in [0.2, 0.25) is 0 Å². The van der Waals surface area contributed by atoms with E-state index in [4.69, 9.17) is 4.74 Å². The number of hydrogen-bond donors (Lipinski definition) is 3. The zero-order valence-electron chi connectivity index (χ0n) is 18.1. The number of nitro groups is 1. The van der Waals surface area contributed by atoms with Gasteiger partial charge in [-0.2, -0.15) is 4.98 Å². The molecule has 2 aliphatic rings. The van der Waals surface area contributed by atoms with Crippen molar-refractivity contribution in [2.75, 3.05) is 37.4 Å². The smallest absolute Gasteiger partial charge is 0.329 e. The van der Waals surface area contributed by atoms with Gasteiger partial charge in [0.25, 0.3) is 0 Å². The second-order valence-electron chi connectivity index (χ2n) is 8.37. The van der Waals surface area contributed by atoms with E-state index in [2.05, 4.69) is 30.5 Å². The summed E-state index contributed by atoms with van der Waals surface area (Å²) in [5.41, 5.74) is 0.690. The van der Waals surface area contributed by atoms with Crippen LogP contribution < -0.4 is 15.4 Å². The van der Waals surface area contributed by atoms with Crippen molar-refractivity contribution in [3.8, 4) is 5.88 Å². The number of nitrogens with zero attached hydrogens (tertiary/aromatic N) is 5. The standard InChI is InChI=1S/C21H29N7O4/c1-32-20-15(3-2-8-22-20)10-24-21-25-11-18(28(30)31)19(26-21)23-9-14-4-6-16(7-5-14)27-12-17(29)13-27/h2-3,8,11,14,16-17,29H,4-7,9-10,12-13H2,1H3,(H2,23,24,25,26)/t14-,16-. The number of β-amino-alcohol motifs (C(OH)–C–C–N with tert-alkyl or cyclic N) is 1. The number of likely N-dealkylation sites (tertiary alicyclic amines) is 1. The minimum atomic E-state index is -0.470. The molecule has 11 heteroatoms. The monoisotopic (exact) mass is 443 g/mol. The van der Waals surface area contributed by atoms with Crippen molar-refractivity contribution >= 4 is 17.5 Å². The summed E-state index contributed by atoms with van der Waals surface area (Å²) in [5, 5.41) is 27.2. The maximum absolute atomic E-state index is 11.4. The van der Waals surface area contributed by atoms with Gasteiger partial charge in [-0.25, -0.2) is 9.97 Å². The Labute approximate surface area is 186 Å². The lowest BCUT2D eigenvalue weighted by atomic mass is 9.84. The SMILES string of the molecule is COc1ncccc1CNc1ncc([N+](=O)[O-])c(NC[C@H]2CC[C@H](N3CC(O)C3)CC2)n1. The van der Waals surface area contributed by atoms with E-state index >= 15 is 0 Å². The van der Waals surface area contributed by atoms with Gasteiger partial charge >= 0.3 is 5.69 Å². The first-order valence-corrected chi connectivity index (χ1v) is 10.9. The molecule has 0 spiro atoms. The second-order valence-corrected chi connectivity index (χ2v) is 8.37. The van der Waals surface area contributed by atoms with Crippen molar-refractivity contribution < 1.29 is 14.8 Å². The van der Waals surface area contributed by atoms with Gasteiger partial charge in [0.15, 0.2) is 0 Å². The van der Waals surface area contributed by atoms with Gasteiger partial charge in [-0.1, -0.05) is 6.07 Å². The van der Waals surface area contributed by atoms with Gasteiger partial charge in [0, 0.05) is 44.0 Å². The van der Waals surface area contributed by atoms with E-state index < -0.39 is 4.92 Å². The molecule has 2 aromatic rings. The molecule has 0 amide bonds. The molecule has 2 aromatic heterocycles. The lowest BCUT2D eigenvalue weighted by Gasteiger charge is -2.44. The Morgan fingerprint density at radius 3 is 2.72 bits per heavy atom. The van der Waals surface area contributed by atoms with Crippen molar-refractivity contribution in [3.63, 3.8) is 0 Å². The maximum Gasteiger partial charge on any atom is 0.329 e. The van der Waals surface area contributed by atoms with Crippen molar-refractivity contribution in [1.82, 2.24) is 19.9 Å². The summed E-state index contributed by atoms with van der Waals surface area (Å²) in [4.78, 5) is 25.9. The third-order valence-electron chi connectivity index (χ3n) is 6.23. The Balaban J connectivity index is 1.34. The summed E-state index contributed by atoms with van der Waals surface area (Å²) in [6.45, 7) is 2.56. The number of nitrogens with one attached hydrogen (secondary N) is 2. The summed E-state index contributed by atoms with van der Waals surface area (Å²) < 4.78 is 5.24. The van der Waals surface area contributed by atoms with Gasteiger partial charge in [0.2, 0.25) is 17.6 Å². The molecule has 11 nitrogen and oxygen atoms in total. The Morgan fingerprint density at radius 1 is 1.25 bits per heavy atom. The molecule has 0 atom stereocenters. The van der Waals surface area contributed by atoms with E-state index in [0.717, 1.165) is 44.3 Å². The van der Waals surface area contributed by atoms with E-state index in [1.807, 2.05) is 12.1 Å². The van der Waals surface area contributed by atoms with Crippen molar-refractivity contribution in [2.24, 2.45) is 5.92 Å². The molecule has 0 radical (unpaired) electrons. The third-order valence-corrected chi connectivity index (χ3v) is 6.23. The maximum atomic E-state index is 11.4. The van der Waals surface area contributed by atoms with E-state index in [-0.39, 0.29) is 17.6 Å². The van der Waals surface area contributed by atoms with Crippen LogP contribution in [0.4, 0.5) is 17.5 Å². The number of aromatic nitrogens is 3. The molecule has 1 saturated carbocycles. The first-order chi connectivity index (χ1) is 15.5. The van der Waals surface area contributed by atoms with Gasteiger partial charge in [-0.15, -0.1) is 0 Å². The summed E-state index contributed by atoms with van der Waals surface area (Å²) in [7, 11) is 1.55. The molecular formula is C21H29N7O4. The number of aliphatic hydroxyl groups excluding tert-OH is 1. The fourth-order valence-electron chi connectivity index (χ4n) is 4.38. The molecule has 4 rings (SSSR count). The first kappa shape index (κ1) is 22.2. The molecular weight excluding hydrogens is 414 g/mol.